The Hall–Kier alpha value is -1.67. The number of pyridine rings is 1. The van der Waals surface area contributed by atoms with Crippen LogP contribution in [0.5, 0.6) is 5.75 Å². The molecule has 1 fully saturated rings. The molecule has 8 heteroatoms. The van der Waals surface area contributed by atoms with E-state index in [4.69, 9.17) is 21.1 Å². The number of hydrogen-bond acceptors (Lipinski definition) is 5. The van der Waals surface area contributed by atoms with Gasteiger partial charge >= 0.3 is 0 Å². The van der Waals surface area contributed by atoms with Crippen LogP contribution in [0.25, 0.3) is 0 Å². The zero-order valence-corrected chi connectivity index (χ0v) is 14.4. The Morgan fingerprint density at radius 2 is 2.04 bits per heavy atom. The molecule has 0 N–H and O–H groups in total. The second-order valence-electron chi connectivity index (χ2n) is 5.32. The van der Waals surface area contributed by atoms with Crippen LogP contribution < -0.4 is 4.74 Å². The molecule has 1 atom stereocenters. The molecule has 1 aromatic heterocycles. The Balaban J connectivity index is 1.78. The standard InChI is InChI=1S/C16H17ClN2O4S/c17-13-3-5-16(6-4-13)24(20,21)19-8-9-22-12-15(11-19)23-14-2-1-7-18-10-14/h1-7,10,15H,8-9,11-12H2. The lowest BCUT2D eigenvalue weighted by Gasteiger charge is -2.23. The van der Waals surface area contributed by atoms with Crippen LogP contribution in [-0.4, -0.2) is 50.1 Å². The maximum absolute atomic E-state index is 12.8. The molecular formula is C16H17ClN2O4S. The number of hydrogen-bond donors (Lipinski definition) is 0. The minimum Gasteiger partial charge on any atom is -0.485 e. The van der Waals surface area contributed by atoms with Gasteiger partial charge in [-0.15, -0.1) is 0 Å². The van der Waals surface area contributed by atoms with E-state index >= 15 is 0 Å². The number of rotatable bonds is 4. The monoisotopic (exact) mass is 368 g/mol. The minimum absolute atomic E-state index is 0.203. The number of halogens is 1. The maximum Gasteiger partial charge on any atom is 0.243 e. The lowest BCUT2D eigenvalue weighted by Crippen LogP contribution is -2.39. The summed E-state index contributed by atoms with van der Waals surface area (Å²) in [4.78, 5) is 4.19. The first-order valence-corrected chi connectivity index (χ1v) is 9.27. The van der Waals surface area contributed by atoms with E-state index in [0.29, 0.717) is 24.0 Å². The molecule has 0 aliphatic carbocycles. The van der Waals surface area contributed by atoms with E-state index < -0.39 is 16.1 Å². The summed E-state index contributed by atoms with van der Waals surface area (Å²) in [5.74, 6) is 0.580. The van der Waals surface area contributed by atoms with Gasteiger partial charge in [0.15, 0.2) is 0 Å². The normalized spacial score (nSPS) is 19.6. The van der Waals surface area contributed by atoms with Crippen LogP contribution in [0.4, 0.5) is 0 Å². The molecule has 1 unspecified atom stereocenters. The van der Waals surface area contributed by atoms with Crippen LogP contribution >= 0.6 is 11.6 Å². The molecule has 1 aromatic carbocycles. The number of nitrogens with zero attached hydrogens (tertiary/aromatic N) is 2. The van der Waals surface area contributed by atoms with Crippen molar-refractivity contribution in [3.8, 4) is 5.75 Å². The van der Waals surface area contributed by atoms with E-state index in [1.54, 1.807) is 36.7 Å². The zero-order valence-electron chi connectivity index (χ0n) is 12.8. The van der Waals surface area contributed by atoms with Crippen molar-refractivity contribution in [1.82, 2.24) is 9.29 Å². The predicted molar refractivity (Wildman–Crippen MR) is 89.7 cm³/mol. The van der Waals surface area contributed by atoms with Crippen LogP contribution in [0, 0.1) is 0 Å². The molecule has 128 valence electrons. The molecular weight excluding hydrogens is 352 g/mol. The van der Waals surface area contributed by atoms with Gasteiger partial charge in [0.05, 0.1) is 30.9 Å². The largest absolute Gasteiger partial charge is 0.485 e. The number of benzene rings is 1. The summed E-state index contributed by atoms with van der Waals surface area (Å²) in [6.07, 6.45) is 2.83. The molecule has 2 heterocycles. The topological polar surface area (TPSA) is 68.7 Å². The van der Waals surface area contributed by atoms with Gasteiger partial charge in [-0.05, 0) is 36.4 Å². The third-order valence-corrected chi connectivity index (χ3v) is 5.72. The Morgan fingerprint density at radius 3 is 2.75 bits per heavy atom. The molecule has 0 amide bonds. The average Bonchev–Trinajstić information content (AvgIpc) is 2.82. The van der Waals surface area contributed by atoms with Gasteiger partial charge in [-0.3, -0.25) is 4.98 Å². The summed E-state index contributed by atoms with van der Waals surface area (Å²) in [6, 6.07) is 9.66. The molecule has 1 aliphatic rings. The summed E-state index contributed by atoms with van der Waals surface area (Å²) < 4.78 is 38.3. The molecule has 0 radical (unpaired) electrons. The second-order valence-corrected chi connectivity index (χ2v) is 7.69. The van der Waals surface area contributed by atoms with Gasteiger partial charge < -0.3 is 9.47 Å². The van der Waals surface area contributed by atoms with Crippen LogP contribution in [-0.2, 0) is 14.8 Å². The van der Waals surface area contributed by atoms with Crippen LogP contribution in [0.3, 0.4) is 0 Å². The Labute approximate surface area is 146 Å². The lowest BCUT2D eigenvalue weighted by molar-refractivity contribution is 0.0721. The van der Waals surface area contributed by atoms with Crippen LogP contribution in [0.1, 0.15) is 0 Å². The summed E-state index contributed by atoms with van der Waals surface area (Å²) in [6.45, 7) is 1.12. The molecule has 1 aliphatic heterocycles. The lowest BCUT2D eigenvalue weighted by atomic mass is 10.3. The van der Waals surface area contributed by atoms with Crippen molar-refractivity contribution in [1.29, 1.82) is 0 Å². The summed E-state index contributed by atoms with van der Waals surface area (Å²) in [5, 5.41) is 0.492. The highest BCUT2D eigenvalue weighted by atomic mass is 35.5. The van der Waals surface area contributed by atoms with Crippen LogP contribution in [0.15, 0.2) is 53.7 Å². The minimum atomic E-state index is -3.63. The molecule has 6 nitrogen and oxygen atoms in total. The molecule has 0 bridgehead atoms. The first kappa shape index (κ1) is 17.2. The van der Waals surface area contributed by atoms with E-state index in [2.05, 4.69) is 4.98 Å². The van der Waals surface area contributed by atoms with E-state index in [1.165, 1.54) is 16.4 Å². The molecule has 3 rings (SSSR count). The van der Waals surface area contributed by atoms with E-state index in [9.17, 15) is 8.42 Å². The fraction of sp³-hybridized carbons (Fsp3) is 0.312. The van der Waals surface area contributed by atoms with Crippen molar-refractivity contribution in [2.45, 2.75) is 11.0 Å². The van der Waals surface area contributed by atoms with Crippen molar-refractivity contribution in [2.24, 2.45) is 0 Å². The van der Waals surface area contributed by atoms with Crippen LogP contribution in [0.2, 0.25) is 5.02 Å². The fourth-order valence-electron chi connectivity index (χ4n) is 2.41. The highest BCUT2D eigenvalue weighted by Crippen LogP contribution is 2.21. The van der Waals surface area contributed by atoms with E-state index in [1.807, 2.05) is 0 Å². The van der Waals surface area contributed by atoms with Gasteiger partial charge in [-0.2, -0.15) is 4.31 Å². The number of ether oxygens (including phenoxy) is 2. The van der Waals surface area contributed by atoms with Crippen molar-refractivity contribution in [2.75, 3.05) is 26.3 Å². The summed E-state index contributed by atoms with van der Waals surface area (Å²) in [5.41, 5.74) is 0. The summed E-state index contributed by atoms with van der Waals surface area (Å²) in [7, 11) is -3.63. The molecule has 1 saturated heterocycles. The van der Waals surface area contributed by atoms with Gasteiger partial charge in [0.2, 0.25) is 10.0 Å². The van der Waals surface area contributed by atoms with E-state index in [0.717, 1.165) is 0 Å². The highest BCUT2D eigenvalue weighted by molar-refractivity contribution is 7.89. The molecule has 0 saturated carbocycles. The van der Waals surface area contributed by atoms with Gasteiger partial charge in [0.25, 0.3) is 0 Å². The number of sulfonamides is 1. The molecule has 24 heavy (non-hydrogen) atoms. The van der Waals surface area contributed by atoms with Gasteiger partial charge in [-0.1, -0.05) is 11.6 Å². The third-order valence-electron chi connectivity index (χ3n) is 3.58. The molecule has 0 spiro atoms. The van der Waals surface area contributed by atoms with Gasteiger partial charge in [0, 0.05) is 17.8 Å². The molecule has 2 aromatic rings. The van der Waals surface area contributed by atoms with E-state index in [-0.39, 0.29) is 18.0 Å². The van der Waals surface area contributed by atoms with Crippen molar-refractivity contribution >= 4 is 21.6 Å². The number of aromatic nitrogens is 1. The zero-order chi connectivity index (χ0) is 17.0. The average molecular weight is 369 g/mol. The first-order chi connectivity index (χ1) is 11.6. The highest BCUT2D eigenvalue weighted by Gasteiger charge is 2.30. The Kier molecular flexibility index (Phi) is 5.35. The maximum atomic E-state index is 12.8. The van der Waals surface area contributed by atoms with Crippen molar-refractivity contribution in [3.63, 3.8) is 0 Å². The Morgan fingerprint density at radius 1 is 1.25 bits per heavy atom. The first-order valence-electron chi connectivity index (χ1n) is 7.46. The van der Waals surface area contributed by atoms with Gasteiger partial charge in [-0.25, -0.2) is 8.42 Å². The van der Waals surface area contributed by atoms with Crippen molar-refractivity contribution < 1.29 is 17.9 Å². The fourth-order valence-corrected chi connectivity index (χ4v) is 3.99. The summed E-state index contributed by atoms with van der Waals surface area (Å²) >= 11 is 5.83. The quantitative estimate of drug-likeness (QED) is 0.827. The predicted octanol–water partition coefficient (Wildman–Crippen LogP) is 2.20. The van der Waals surface area contributed by atoms with Crippen molar-refractivity contribution in [3.05, 3.63) is 53.8 Å². The SMILES string of the molecule is O=S(=O)(c1ccc(Cl)cc1)N1CCOCC(Oc2cccnc2)C1. The Bertz CT molecular complexity index is 768. The smallest absolute Gasteiger partial charge is 0.243 e. The second kappa shape index (κ2) is 7.48. The third kappa shape index (κ3) is 4.05. The van der Waals surface area contributed by atoms with Gasteiger partial charge in [0.1, 0.15) is 11.9 Å².